The summed E-state index contributed by atoms with van der Waals surface area (Å²) in [5.74, 6) is -2.44. The van der Waals surface area contributed by atoms with Gasteiger partial charge in [0.05, 0.1) is 12.2 Å². The van der Waals surface area contributed by atoms with E-state index in [1.165, 1.54) is 35.0 Å². The monoisotopic (exact) mass is 701 g/mol. The van der Waals surface area contributed by atoms with E-state index in [-0.39, 0.29) is 6.26 Å². The third-order valence-corrected chi connectivity index (χ3v) is 6.97. The quantitative estimate of drug-likeness (QED) is 0.217. The van der Waals surface area contributed by atoms with Gasteiger partial charge < -0.3 is 43.0 Å². The van der Waals surface area contributed by atoms with Gasteiger partial charge in [0.2, 0.25) is 28.6 Å². The van der Waals surface area contributed by atoms with E-state index in [1.54, 1.807) is 0 Å². The normalized spacial score (nSPS) is 31.1. The minimum absolute atomic E-state index is 0.118. The fraction of sp³-hybridized carbons (Fsp3) is 0.846. The number of sulfone groups is 1. The summed E-state index contributed by atoms with van der Waals surface area (Å²) in [7, 11) is -2.02. The number of aliphatic hydroxyl groups excluding tert-OH is 1. The molecule has 0 aromatic carbocycles. The topological polar surface area (TPSA) is 196 Å². The average molecular weight is 702 g/mol. The molecule has 0 aromatic rings. The molecule has 2 aliphatic rings. The summed E-state index contributed by atoms with van der Waals surface area (Å²) in [5.41, 5.74) is -5.09. The number of carbonyl (C=O) groups is 4. The largest absolute Gasteiger partial charge is 0.497 e. The SMILES string of the molecule is CCC1OC(OC(C)=O)C(O)C(OC(C)=O)C1OC.CCC1OC(OC(C)=O)C([18F])C(OC(C)=O)C1OC.CS(=O)(=O)C(F)(F)F. The molecule has 0 bridgehead atoms. The van der Waals surface area contributed by atoms with Crippen LogP contribution >= 0.6 is 0 Å². The summed E-state index contributed by atoms with van der Waals surface area (Å²) in [5, 5.41) is 10.1. The van der Waals surface area contributed by atoms with Gasteiger partial charge in [-0.1, -0.05) is 13.8 Å². The molecule has 0 saturated carbocycles. The van der Waals surface area contributed by atoms with Crippen molar-refractivity contribution in [2.45, 2.75) is 121 Å². The molecular formula is C26H42F4O15S. The predicted octanol–water partition coefficient (Wildman–Crippen LogP) is 1.51. The van der Waals surface area contributed by atoms with Crippen LogP contribution in [0, 0.1) is 0 Å². The van der Waals surface area contributed by atoms with Gasteiger partial charge in [-0.15, -0.1) is 0 Å². The van der Waals surface area contributed by atoms with Crippen molar-refractivity contribution in [1.29, 1.82) is 0 Å². The number of alkyl halides is 4. The lowest BCUT2D eigenvalue weighted by atomic mass is 9.97. The third kappa shape index (κ3) is 13.6. The molecule has 0 amide bonds. The second kappa shape index (κ2) is 19.2. The molecule has 2 aliphatic heterocycles. The maximum absolute atomic E-state index is 14.2. The molecule has 1 N–H and O–H groups in total. The zero-order valence-electron chi connectivity index (χ0n) is 26.8. The van der Waals surface area contributed by atoms with E-state index in [0.717, 1.165) is 6.92 Å². The van der Waals surface area contributed by atoms with Crippen LogP contribution in [0.2, 0.25) is 0 Å². The van der Waals surface area contributed by atoms with E-state index in [4.69, 9.17) is 37.9 Å². The smallest absolute Gasteiger partial charge is 0.457 e. The first-order chi connectivity index (χ1) is 21.1. The van der Waals surface area contributed by atoms with Crippen LogP contribution in [0.5, 0.6) is 0 Å². The summed E-state index contributed by atoms with van der Waals surface area (Å²) in [6.45, 7) is 8.43. The molecule has 0 aliphatic carbocycles. The number of carbonyl (C=O) groups excluding carboxylic acids is 4. The standard InChI is InChI=1S/C12H19FO6.C12H20O7.C2H3F3O2S/c1-5-8-10(16-4)11(17-6(2)14)9(13)12(19-8)18-7(3)15;1-5-8-10(16-4)11(17-6(2)13)9(15)12(19-8)18-7(3)14;1-8(6,7)2(3,4)5/h8-12H,5H2,1-4H3;8-12,15H,5H2,1-4H3;1H3/i13-1;;. The second-order valence-corrected chi connectivity index (χ2v) is 11.8. The number of rotatable bonds is 8. The zero-order valence-corrected chi connectivity index (χ0v) is 27.6. The van der Waals surface area contributed by atoms with Crippen LogP contribution in [-0.4, -0.2) is 125 Å². The second-order valence-electron chi connectivity index (χ2n) is 9.82. The first-order valence-electron chi connectivity index (χ1n) is 13.7. The molecule has 0 spiro atoms. The lowest BCUT2D eigenvalue weighted by Crippen LogP contribution is -2.60. The van der Waals surface area contributed by atoms with Gasteiger partial charge in [0.1, 0.15) is 12.2 Å². The third-order valence-electron chi connectivity index (χ3n) is 6.13. The van der Waals surface area contributed by atoms with Crippen LogP contribution < -0.4 is 0 Å². The van der Waals surface area contributed by atoms with E-state index < -0.39 is 101 Å². The number of aliphatic hydroxyl groups is 1. The van der Waals surface area contributed by atoms with Crippen molar-refractivity contribution in [1.82, 2.24) is 0 Å². The highest BCUT2D eigenvalue weighted by Gasteiger charge is 2.50. The predicted molar refractivity (Wildman–Crippen MR) is 146 cm³/mol. The summed E-state index contributed by atoms with van der Waals surface area (Å²) in [4.78, 5) is 44.1. The average Bonchev–Trinajstić information content (AvgIpc) is 2.91. The van der Waals surface area contributed by atoms with Crippen molar-refractivity contribution >= 4 is 33.7 Å². The maximum Gasteiger partial charge on any atom is 0.497 e. The Morgan fingerprint density at radius 2 is 1.02 bits per heavy atom. The van der Waals surface area contributed by atoms with E-state index in [2.05, 4.69) is 0 Å². The first-order valence-corrected chi connectivity index (χ1v) is 15.6. The highest BCUT2D eigenvalue weighted by atomic mass is 32.2. The van der Waals surface area contributed by atoms with Crippen molar-refractivity contribution in [2.24, 2.45) is 0 Å². The van der Waals surface area contributed by atoms with Gasteiger partial charge in [0.15, 0.2) is 18.3 Å². The van der Waals surface area contributed by atoms with Gasteiger partial charge in [-0.25, -0.2) is 12.8 Å². The van der Waals surface area contributed by atoms with Gasteiger partial charge in [-0.2, -0.15) is 13.2 Å². The first kappa shape index (κ1) is 43.4. The van der Waals surface area contributed by atoms with Crippen LogP contribution in [0.1, 0.15) is 54.4 Å². The van der Waals surface area contributed by atoms with Crippen LogP contribution in [0.3, 0.4) is 0 Å². The number of methoxy groups -OCH3 is 2. The fourth-order valence-corrected chi connectivity index (χ4v) is 4.16. The van der Waals surface area contributed by atoms with Crippen LogP contribution in [0.4, 0.5) is 17.6 Å². The molecule has 270 valence electrons. The Labute approximate surface area is 263 Å². The van der Waals surface area contributed by atoms with E-state index in [9.17, 15) is 50.3 Å². The number of hydrogen-bond acceptors (Lipinski definition) is 15. The van der Waals surface area contributed by atoms with E-state index >= 15 is 0 Å². The van der Waals surface area contributed by atoms with Gasteiger partial charge in [-0.05, 0) is 12.8 Å². The Morgan fingerprint density at radius 3 is 1.35 bits per heavy atom. The summed E-state index contributed by atoms with van der Waals surface area (Å²) in [6.07, 6.45) is -8.89. The minimum Gasteiger partial charge on any atom is -0.457 e. The van der Waals surface area contributed by atoms with Crippen molar-refractivity contribution in [2.75, 3.05) is 20.5 Å². The van der Waals surface area contributed by atoms with Crippen molar-refractivity contribution in [3.63, 3.8) is 0 Å². The number of ether oxygens (including phenoxy) is 8. The lowest BCUT2D eigenvalue weighted by Gasteiger charge is -2.42. The van der Waals surface area contributed by atoms with Crippen molar-refractivity contribution in [3.8, 4) is 0 Å². The van der Waals surface area contributed by atoms with Gasteiger partial charge in [0, 0.05) is 48.2 Å². The molecule has 10 atom stereocenters. The Balaban J connectivity index is 0.000000716. The number of esters is 4. The summed E-state index contributed by atoms with van der Waals surface area (Å²) < 4.78 is 107. The van der Waals surface area contributed by atoms with Crippen LogP contribution in [0.25, 0.3) is 0 Å². The molecule has 20 heteroatoms. The van der Waals surface area contributed by atoms with E-state index in [0.29, 0.717) is 12.8 Å². The molecule has 0 radical (unpaired) electrons. The molecule has 10 unspecified atom stereocenters. The zero-order chi connectivity index (χ0) is 36.2. The molecule has 2 rings (SSSR count). The Bertz CT molecular complexity index is 1040. The highest BCUT2D eigenvalue weighted by Crippen LogP contribution is 2.30. The molecule has 46 heavy (non-hydrogen) atoms. The van der Waals surface area contributed by atoms with Gasteiger partial charge >= 0.3 is 29.4 Å². The molecule has 2 saturated heterocycles. The Morgan fingerprint density at radius 1 is 0.696 bits per heavy atom. The lowest BCUT2D eigenvalue weighted by molar-refractivity contribution is -0.293. The van der Waals surface area contributed by atoms with Crippen molar-refractivity contribution < 1.29 is 88.2 Å². The van der Waals surface area contributed by atoms with Crippen LogP contribution in [0.15, 0.2) is 0 Å². The molecule has 15 nitrogen and oxygen atoms in total. The molecule has 0 aromatic heterocycles. The highest BCUT2D eigenvalue weighted by molar-refractivity contribution is 7.91. The van der Waals surface area contributed by atoms with Crippen LogP contribution in [-0.2, 0) is 66.9 Å². The maximum atomic E-state index is 14.2. The Kier molecular flexibility index (Phi) is 18.1. The Hall–Kier alpha value is -2.65. The molecular weight excluding hydrogens is 659 g/mol. The molecule has 2 fully saturated rings. The van der Waals surface area contributed by atoms with E-state index in [1.807, 2.05) is 13.8 Å². The number of hydrogen-bond donors (Lipinski definition) is 1. The van der Waals surface area contributed by atoms with Gasteiger partial charge in [0.25, 0.3) is 0 Å². The molecule has 2 heterocycles. The summed E-state index contributed by atoms with van der Waals surface area (Å²) >= 11 is 0. The van der Waals surface area contributed by atoms with Crippen molar-refractivity contribution in [3.05, 3.63) is 0 Å². The summed E-state index contributed by atoms with van der Waals surface area (Å²) in [6, 6.07) is 0. The number of halogens is 4. The van der Waals surface area contributed by atoms with Gasteiger partial charge in [-0.3, -0.25) is 19.2 Å². The fourth-order valence-electron chi connectivity index (χ4n) is 4.16. The minimum atomic E-state index is -5.09.